The van der Waals surface area contributed by atoms with Crippen molar-refractivity contribution < 1.29 is 14.7 Å². The van der Waals surface area contributed by atoms with Gasteiger partial charge in [0, 0.05) is 0 Å². The Morgan fingerprint density at radius 2 is 1.72 bits per heavy atom. The number of hydrogen-bond donors (Lipinski definition) is 1. The van der Waals surface area contributed by atoms with E-state index in [0.29, 0.717) is 0 Å². The number of hydrogen-bond acceptors (Lipinski definition) is 5. The summed E-state index contributed by atoms with van der Waals surface area (Å²) in [4.78, 5) is 15.4. The predicted octanol–water partition coefficient (Wildman–Crippen LogP) is 2.56. The quantitative estimate of drug-likeness (QED) is 0.770. The van der Waals surface area contributed by atoms with Crippen LogP contribution in [0.2, 0.25) is 0 Å². The second-order valence-electron chi connectivity index (χ2n) is 2.93. The van der Waals surface area contributed by atoms with E-state index >= 15 is 0 Å². The van der Waals surface area contributed by atoms with E-state index in [1.54, 1.807) is 42.5 Å². The molecule has 92 valence electrons. The highest BCUT2D eigenvalue weighted by Crippen LogP contribution is 1.94. The zero-order chi connectivity index (χ0) is 13.1. The topological polar surface area (TPSA) is 83.6 Å². The fourth-order valence-corrected chi connectivity index (χ4v) is 0.887. The van der Waals surface area contributed by atoms with E-state index in [9.17, 15) is 4.79 Å². The molecule has 1 aliphatic rings. The van der Waals surface area contributed by atoms with Crippen molar-refractivity contribution >= 4 is 12.2 Å². The van der Waals surface area contributed by atoms with Crippen LogP contribution in [0.4, 0.5) is 0 Å². The number of carboxylic acids is 1. The third kappa shape index (κ3) is 5.96. The number of carboxylic acid groups (broad SMARTS) is 1. The van der Waals surface area contributed by atoms with Gasteiger partial charge in [-0.3, -0.25) is 0 Å². The molecule has 0 fully saturated rings. The molecule has 0 amide bonds. The summed E-state index contributed by atoms with van der Waals surface area (Å²) in [5.41, 5.74) is -0.0143. The monoisotopic (exact) mass is 245 g/mol. The summed E-state index contributed by atoms with van der Waals surface area (Å²) in [6.45, 7) is 0. The average molecular weight is 245 g/mol. The number of carbonyl (C=O) groups is 1. The third-order valence-electron chi connectivity index (χ3n) is 1.66. The molecule has 6 nitrogen and oxygen atoms in total. The molecule has 0 saturated carbocycles. The Balaban J connectivity index is 2.88. The van der Waals surface area contributed by atoms with Crippen LogP contribution >= 0.6 is 0 Å². The summed E-state index contributed by atoms with van der Waals surface area (Å²) in [7, 11) is 0. The van der Waals surface area contributed by atoms with Crippen LogP contribution in [0.1, 0.15) is 0 Å². The largest absolute Gasteiger partial charge is 0.478 e. The minimum Gasteiger partial charge on any atom is -0.478 e. The van der Waals surface area contributed by atoms with Crippen molar-refractivity contribution in [1.29, 1.82) is 0 Å². The molecule has 1 heterocycles. The summed E-state index contributed by atoms with van der Waals surface area (Å²) in [6, 6.07) is 0. The zero-order valence-electron chi connectivity index (χ0n) is 9.38. The van der Waals surface area contributed by atoms with E-state index in [1.807, 2.05) is 0 Å². The first kappa shape index (κ1) is 13.3. The Labute approximate surface area is 104 Å². The van der Waals surface area contributed by atoms with Gasteiger partial charge in [-0.05, 0) is 17.4 Å². The van der Waals surface area contributed by atoms with Gasteiger partial charge in [0.05, 0.1) is 17.1 Å². The summed E-state index contributed by atoms with van der Waals surface area (Å²) in [5, 5.41) is 18.8. The van der Waals surface area contributed by atoms with Gasteiger partial charge in [0.15, 0.2) is 0 Å². The second-order valence-corrected chi connectivity index (χ2v) is 2.93. The van der Waals surface area contributed by atoms with Crippen molar-refractivity contribution in [3.05, 3.63) is 60.4 Å². The summed E-state index contributed by atoms with van der Waals surface area (Å²) >= 11 is 0. The van der Waals surface area contributed by atoms with Crippen LogP contribution in [0.5, 0.6) is 0 Å². The summed E-state index contributed by atoms with van der Waals surface area (Å²) < 4.78 is 0. The van der Waals surface area contributed by atoms with Crippen LogP contribution in [-0.2, 0) is 9.63 Å². The van der Waals surface area contributed by atoms with Crippen molar-refractivity contribution in [2.75, 3.05) is 0 Å². The molecule has 0 bridgehead atoms. The maximum atomic E-state index is 10.8. The highest BCUT2D eigenvalue weighted by Gasteiger charge is 2.01. The van der Waals surface area contributed by atoms with Gasteiger partial charge in [0.1, 0.15) is 6.26 Å². The van der Waals surface area contributed by atoms with Gasteiger partial charge < -0.3 is 9.94 Å². The smallest absolute Gasteiger partial charge is 0.337 e. The lowest BCUT2D eigenvalue weighted by molar-refractivity contribution is -0.132. The van der Waals surface area contributed by atoms with E-state index < -0.39 is 5.97 Å². The lowest BCUT2D eigenvalue weighted by Crippen LogP contribution is -2.00. The number of rotatable bonds is 1. The summed E-state index contributed by atoms with van der Waals surface area (Å²) in [6.07, 6.45) is 15.7. The minimum atomic E-state index is -1.10. The molecule has 0 aromatic carbocycles. The molecule has 18 heavy (non-hydrogen) atoms. The average Bonchev–Trinajstić information content (AvgIpc) is 2.36. The standard InChI is InChI=1S/C12H11N3O3/c16-12(17)11-8-6-4-2-1-3-5-7-9-18-15-14-13-10-11/h1-10H,(H,16,17). The molecule has 0 aromatic heterocycles. The number of allylic oxidation sites excluding steroid dienone is 8. The molecule has 0 unspecified atom stereocenters. The molecular weight excluding hydrogens is 234 g/mol. The first-order chi connectivity index (χ1) is 8.80. The minimum absolute atomic E-state index is 0.0143. The van der Waals surface area contributed by atoms with E-state index in [2.05, 4.69) is 20.4 Å². The van der Waals surface area contributed by atoms with Gasteiger partial charge >= 0.3 is 5.97 Å². The second kappa shape index (κ2) is 8.40. The van der Waals surface area contributed by atoms with Crippen LogP contribution in [0.25, 0.3) is 0 Å². The molecule has 6 heteroatoms. The molecule has 0 spiro atoms. The van der Waals surface area contributed by atoms with Gasteiger partial charge in [-0.15, -0.1) is 5.10 Å². The number of nitrogens with zero attached hydrogens (tertiary/aromatic N) is 3. The lowest BCUT2D eigenvalue weighted by atomic mass is 10.2. The van der Waals surface area contributed by atoms with Crippen LogP contribution in [0.3, 0.4) is 0 Å². The highest BCUT2D eigenvalue weighted by atomic mass is 16.6. The molecule has 1 aliphatic heterocycles. The van der Waals surface area contributed by atoms with E-state index in [0.717, 1.165) is 6.21 Å². The highest BCUT2D eigenvalue weighted by molar-refractivity contribution is 6.08. The predicted molar refractivity (Wildman–Crippen MR) is 66.7 cm³/mol. The Kier molecular flexibility index (Phi) is 6.21. The van der Waals surface area contributed by atoms with E-state index in [1.165, 1.54) is 12.3 Å². The van der Waals surface area contributed by atoms with E-state index in [-0.39, 0.29) is 5.57 Å². The maximum absolute atomic E-state index is 10.8. The molecule has 0 radical (unpaired) electrons. The Morgan fingerprint density at radius 3 is 2.44 bits per heavy atom. The molecule has 0 aromatic rings. The van der Waals surface area contributed by atoms with Gasteiger partial charge in [0.25, 0.3) is 0 Å². The maximum Gasteiger partial charge on any atom is 0.337 e. The number of aliphatic carboxylic acids is 1. The first-order valence-corrected chi connectivity index (χ1v) is 5.00. The molecule has 1 rings (SSSR count). The van der Waals surface area contributed by atoms with Gasteiger partial charge in [-0.1, -0.05) is 36.5 Å². The van der Waals surface area contributed by atoms with Gasteiger partial charge in [0.2, 0.25) is 0 Å². The van der Waals surface area contributed by atoms with Crippen LogP contribution < -0.4 is 0 Å². The van der Waals surface area contributed by atoms with Crippen LogP contribution in [-0.4, -0.2) is 17.3 Å². The Bertz CT molecular complexity index is 483. The Morgan fingerprint density at radius 1 is 1.06 bits per heavy atom. The van der Waals surface area contributed by atoms with Crippen molar-refractivity contribution in [2.24, 2.45) is 15.6 Å². The van der Waals surface area contributed by atoms with Crippen molar-refractivity contribution in [3.63, 3.8) is 0 Å². The molecule has 0 saturated heterocycles. The molecule has 0 atom stereocenters. The van der Waals surface area contributed by atoms with Crippen molar-refractivity contribution in [3.8, 4) is 0 Å². The fraction of sp³-hybridized carbons (Fsp3) is 0. The third-order valence-corrected chi connectivity index (χ3v) is 1.66. The fourth-order valence-electron chi connectivity index (χ4n) is 0.887. The van der Waals surface area contributed by atoms with E-state index in [4.69, 9.17) is 5.11 Å². The normalized spacial score (nSPS) is 15.7. The first-order valence-electron chi connectivity index (χ1n) is 5.00. The SMILES string of the molecule is O=C(O)C1=CC=CC=CC=CC=CON=NN=C1. The van der Waals surface area contributed by atoms with Crippen LogP contribution in [0.15, 0.2) is 76.0 Å². The molecule has 0 aliphatic carbocycles. The van der Waals surface area contributed by atoms with Gasteiger partial charge in [-0.2, -0.15) is 0 Å². The van der Waals surface area contributed by atoms with Crippen LogP contribution in [0, 0.1) is 0 Å². The van der Waals surface area contributed by atoms with Crippen molar-refractivity contribution in [2.45, 2.75) is 0 Å². The lowest BCUT2D eigenvalue weighted by Gasteiger charge is -1.89. The molecule has 1 N–H and O–H groups in total. The van der Waals surface area contributed by atoms with Crippen molar-refractivity contribution in [1.82, 2.24) is 0 Å². The molecular formula is C12H11N3O3. The zero-order valence-corrected chi connectivity index (χ0v) is 9.38. The van der Waals surface area contributed by atoms with Gasteiger partial charge in [-0.25, -0.2) is 4.79 Å². The Hall–Kier alpha value is -2.76. The summed E-state index contributed by atoms with van der Waals surface area (Å²) in [5.74, 6) is -1.10.